The third-order valence-corrected chi connectivity index (χ3v) is 5.28. The second-order valence-electron chi connectivity index (χ2n) is 4.61. The molecule has 1 heterocycles. The third kappa shape index (κ3) is 2.06. The van der Waals surface area contributed by atoms with Crippen LogP contribution in [0.4, 0.5) is 4.39 Å². The summed E-state index contributed by atoms with van der Waals surface area (Å²) in [5, 5.41) is 0. The van der Waals surface area contributed by atoms with Gasteiger partial charge in [0.1, 0.15) is 12.1 Å². The van der Waals surface area contributed by atoms with Gasteiger partial charge in [0.05, 0.1) is 10.4 Å². The number of sulfonamides is 1. The fraction of sp³-hybridized carbons (Fsp3) is 0.417. The van der Waals surface area contributed by atoms with E-state index in [-0.39, 0.29) is 11.4 Å². The highest BCUT2D eigenvalue weighted by Gasteiger charge is 2.44. The molecular formula is C12H14FNO3S. The minimum Gasteiger partial charge on any atom is -0.301 e. The number of aldehydes is 1. The van der Waals surface area contributed by atoms with E-state index >= 15 is 0 Å². The normalized spacial score (nSPS) is 25.2. The van der Waals surface area contributed by atoms with Crippen molar-refractivity contribution in [1.82, 2.24) is 4.31 Å². The Labute approximate surface area is 105 Å². The van der Waals surface area contributed by atoms with Gasteiger partial charge in [-0.25, -0.2) is 12.8 Å². The van der Waals surface area contributed by atoms with Crippen LogP contribution in [0.15, 0.2) is 29.2 Å². The molecule has 2 rings (SSSR count). The fourth-order valence-corrected chi connectivity index (χ4v) is 4.05. The summed E-state index contributed by atoms with van der Waals surface area (Å²) >= 11 is 0. The zero-order chi connectivity index (χ0) is 13.4. The smallest absolute Gasteiger partial charge is 0.244 e. The van der Waals surface area contributed by atoms with E-state index < -0.39 is 21.4 Å². The Morgan fingerprint density at radius 2 is 2.17 bits per heavy atom. The number of rotatable bonds is 3. The van der Waals surface area contributed by atoms with E-state index in [0.29, 0.717) is 19.1 Å². The van der Waals surface area contributed by atoms with Crippen LogP contribution in [-0.4, -0.2) is 31.1 Å². The van der Waals surface area contributed by atoms with Crippen LogP contribution in [0.1, 0.15) is 19.8 Å². The zero-order valence-electron chi connectivity index (χ0n) is 9.97. The van der Waals surface area contributed by atoms with Crippen molar-refractivity contribution >= 4 is 16.3 Å². The highest BCUT2D eigenvalue weighted by molar-refractivity contribution is 7.89. The summed E-state index contributed by atoms with van der Waals surface area (Å²) in [6.45, 7) is 1.87. The summed E-state index contributed by atoms with van der Waals surface area (Å²) in [4.78, 5) is 11.0. The predicted molar refractivity (Wildman–Crippen MR) is 64.0 cm³/mol. The van der Waals surface area contributed by atoms with Crippen molar-refractivity contribution in [2.75, 3.05) is 6.54 Å². The number of carbonyl (C=O) groups is 1. The first kappa shape index (κ1) is 13.2. The SMILES string of the molecule is C[C@@]1(C=O)CCCN1S(=O)(=O)c1cccc(F)c1. The Hall–Kier alpha value is -1.27. The van der Waals surface area contributed by atoms with Crippen LogP contribution in [-0.2, 0) is 14.8 Å². The molecule has 0 radical (unpaired) electrons. The third-order valence-electron chi connectivity index (χ3n) is 3.25. The summed E-state index contributed by atoms with van der Waals surface area (Å²) in [5.74, 6) is -0.608. The molecule has 1 atom stereocenters. The van der Waals surface area contributed by atoms with Crippen molar-refractivity contribution in [2.45, 2.75) is 30.2 Å². The van der Waals surface area contributed by atoms with Gasteiger partial charge in [-0.1, -0.05) is 6.07 Å². The molecule has 0 spiro atoms. The van der Waals surface area contributed by atoms with Crippen molar-refractivity contribution in [2.24, 2.45) is 0 Å². The first-order valence-corrected chi connectivity index (χ1v) is 7.09. The molecule has 0 N–H and O–H groups in total. The van der Waals surface area contributed by atoms with E-state index in [1.807, 2.05) is 0 Å². The van der Waals surface area contributed by atoms with Gasteiger partial charge in [-0.2, -0.15) is 4.31 Å². The molecule has 1 aliphatic heterocycles. The van der Waals surface area contributed by atoms with E-state index in [2.05, 4.69) is 0 Å². The lowest BCUT2D eigenvalue weighted by Crippen LogP contribution is -2.46. The molecule has 6 heteroatoms. The van der Waals surface area contributed by atoms with Gasteiger partial charge in [0.15, 0.2) is 0 Å². The van der Waals surface area contributed by atoms with Gasteiger partial charge in [0, 0.05) is 6.54 Å². The van der Waals surface area contributed by atoms with E-state index in [1.165, 1.54) is 18.2 Å². The lowest BCUT2D eigenvalue weighted by Gasteiger charge is -2.29. The fourth-order valence-electron chi connectivity index (χ4n) is 2.23. The van der Waals surface area contributed by atoms with E-state index in [1.54, 1.807) is 6.92 Å². The molecule has 1 fully saturated rings. The molecule has 0 unspecified atom stereocenters. The molecule has 1 aliphatic rings. The van der Waals surface area contributed by atoms with E-state index in [9.17, 15) is 17.6 Å². The molecule has 0 aliphatic carbocycles. The highest BCUT2D eigenvalue weighted by Crippen LogP contribution is 2.32. The quantitative estimate of drug-likeness (QED) is 0.784. The van der Waals surface area contributed by atoms with Gasteiger partial charge in [-0.05, 0) is 38.0 Å². The van der Waals surface area contributed by atoms with Crippen molar-refractivity contribution < 1.29 is 17.6 Å². The average Bonchev–Trinajstić information content (AvgIpc) is 2.73. The topological polar surface area (TPSA) is 54.5 Å². The average molecular weight is 271 g/mol. The largest absolute Gasteiger partial charge is 0.301 e. The number of carbonyl (C=O) groups excluding carboxylic acids is 1. The Bertz CT molecular complexity index is 572. The van der Waals surface area contributed by atoms with Gasteiger partial charge < -0.3 is 4.79 Å². The Morgan fingerprint density at radius 3 is 2.78 bits per heavy atom. The molecule has 4 nitrogen and oxygen atoms in total. The predicted octanol–water partition coefficient (Wildman–Crippen LogP) is 1.57. The first-order chi connectivity index (χ1) is 8.40. The van der Waals surface area contributed by atoms with Gasteiger partial charge >= 0.3 is 0 Å². The highest BCUT2D eigenvalue weighted by atomic mass is 32.2. The number of nitrogens with zero attached hydrogens (tertiary/aromatic N) is 1. The monoisotopic (exact) mass is 271 g/mol. The Balaban J connectivity index is 2.46. The van der Waals surface area contributed by atoms with E-state index in [4.69, 9.17) is 0 Å². The van der Waals surface area contributed by atoms with Gasteiger partial charge in [0.25, 0.3) is 0 Å². The summed E-state index contributed by atoms with van der Waals surface area (Å²) in [5.41, 5.74) is -1.02. The summed E-state index contributed by atoms with van der Waals surface area (Å²) in [6.07, 6.45) is 1.77. The minimum absolute atomic E-state index is 0.113. The molecule has 1 aromatic rings. The van der Waals surface area contributed by atoms with Crippen LogP contribution in [0.5, 0.6) is 0 Å². The summed E-state index contributed by atoms with van der Waals surface area (Å²) in [6, 6.07) is 4.83. The molecule has 0 bridgehead atoms. The van der Waals surface area contributed by atoms with E-state index in [0.717, 1.165) is 10.4 Å². The molecule has 1 saturated heterocycles. The Kier molecular flexibility index (Phi) is 3.25. The van der Waals surface area contributed by atoms with Crippen molar-refractivity contribution in [3.63, 3.8) is 0 Å². The maximum absolute atomic E-state index is 13.1. The van der Waals surface area contributed by atoms with Gasteiger partial charge in [-0.3, -0.25) is 0 Å². The number of benzene rings is 1. The van der Waals surface area contributed by atoms with Crippen LogP contribution in [0.25, 0.3) is 0 Å². The number of hydrogen-bond acceptors (Lipinski definition) is 3. The lowest BCUT2D eigenvalue weighted by molar-refractivity contribution is -0.114. The number of hydrogen-bond donors (Lipinski definition) is 0. The second-order valence-corrected chi connectivity index (χ2v) is 6.48. The van der Waals surface area contributed by atoms with Crippen LogP contribution in [0, 0.1) is 5.82 Å². The van der Waals surface area contributed by atoms with Crippen LogP contribution in [0.2, 0.25) is 0 Å². The maximum Gasteiger partial charge on any atom is 0.244 e. The zero-order valence-corrected chi connectivity index (χ0v) is 10.8. The maximum atomic E-state index is 13.1. The summed E-state index contributed by atoms with van der Waals surface area (Å²) in [7, 11) is -3.82. The minimum atomic E-state index is -3.82. The summed E-state index contributed by atoms with van der Waals surface area (Å²) < 4.78 is 39.0. The Morgan fingerprint density at radius 1 is 1.44 bits per heavy atom. The lowest BCUT2D eigenvalue weighted by atomic mass is 10.0. The molecule has 0 saturated carbocycles. The van der Waals surface area contributed by atoms with Gasteiger partial charge in [-0.15, -0.1) is 0 Å². The van der Waals surface area contributed by atoms with Crippen molar-refractivity contribution in [1.29, 1.82) is 0 Å². The molecule has 0 amide bonds. The number of halogens is 1. The molecule has 1 aromatic carbocycles. The van der Waals surface area contributed by atoms with Crippen LogP contribution >= 0.6 is 0 Å². The molecular weight excluding hydrogens is 257 g/mol. The van der Waals surface area contributed by atoms with Gasteiger partial charge in [0.2, 0.25) is 10.0 Å². The molecule has 18 heavy (non-hydrogen) atoms. The first-order valence-electron chi connectivity index (χ1n) is 5.65. The van der Waals surface area contributed by atoms with Crippen LogP contribution < -0.4 is 0 Å². The molecule has 0 aromatic heterocycles. The second kappa shape index (κ2) is 4.44. The van der Waals surface area contributed by atoms with Crippen molar-refractivity contribution in [3.8, 4) is 0 Å². The van der Waals surface area contributed by atoms with Crippen molar-refractivity contribution in [3.05, 3.63) is 30.1 Å². The van der Waals surface area contributed by atoms with Crippen LogP contribution in [0.3, 0.4) is 0 Å². The standard InChI is InChI=1S/C12H14FNO3S/c1-12(9-15)6-3-7-14(12)18(16,17)11-5-2-4-10(13)8-11/h2,4-5,8-9H,3,6-7H2,1H3/t12-/m0/s1. The molecule has 98 valence electrons.